The van der Waals surface area contributed by atoms with Crippen molar-refractivity contribution in [3.05, 3.63) is 32.6 Å². The van der Waals surface area contributed by atoms with Crippen LogP contribution in [-0.2, 0) is 13.1 Å². The summed E-state index contributed by atoms with van der Waals surface area (Å²) in [5.74, 6) is 1.22. The summed E-state index contributed by atoms with van der Waals surface area (Å²) in [7, 11) is 0. The fourth-order valence-corrected chi connectivity index (χ4v) is 2.61. The van der Waals surface area contributed by atoms with Crippen LogP contribution < -0.4 is 21.9 Å². The molecule has 138 valence electrons. The van der Waals surface area contributed by atoms with Crippen LogP contribution in [-0.4, -0.2) is 26.3 Å². The van der Waals surface area contributed by atoms with Crippen molar-refractivity contribution < 1.29 is 4.42 Å². The molecule has 0 aliphatic heterocycles. The van der Waals surface area contributed by atoms with Crippen LogP contribution in [0.25, 0.3) is 0 Å². The van der Waals surface area contributed by atoms with E-state index in [1.54, 1.807) is 11.8 Å². The molecule has 9 nitrogen and oxygen atoms in total. The van der Waals surface area contributed by atoms with Gasteiger partial charge in [0.25, 0.3) is 5.56 Å². The zero-order chi connectivity index (χ0) is 18.6. The van der Waals surface area contributed by atoms with Gasteiger partial charge in [-0.1, -0.05) is 27.2 Å². The molecular weight excluding hydrogens is 324 g/mol. The van der Waals surface area contributed by atoms with E-state index in [4.69, 9.17) is 10.2 Å². The van der Waals surface area contributed by atoms with Crippen molar-refractivity contribution in [3.63, 3.8) is 0 Å². The Labute approximate surface area is 145 Å². The lowest BCUT2D eigenvalue weighted by molar-refractivity contribution is 0.459. The van der Waals surface area contributed by atoms with Gasteiger partial charge in [0.05, 0.1) is 6.54 Å². The highest BCUT2D eigenvalue weighted by Crippen LogP contribution is 2.20. The molecule has 0 radical (unpaired) electrons. The molecule has 0 amide bonds. The Kier molecular flexibility index (Phi) is 6.00. The number of nitrogens with one attached hydrogen (secondary N) is 1. The molecule has 2 aromatic heterocycles. The molecule has 0 unspecified atom stereocenters. The highest BCUT2D eigenvalue weighted by molar-refractivity contribution is 5.62. The molecule has 25 heavy (non-hydrogen) atoms. The van der Waals surface area contributed by atoms with Gasteiger partial charge in [0.1, 0.15) is 11.5 Å². The third-order valence-electron chi connectivity index (χ3n) is 3.75. The lowest BCUT2D eigenvalue weighted by Crippen LogP contribution is -2.39. The number of aryl methyl sites for hydroxylation is 1. The van der Waals surface area contributed by atoms with Gasteiger partial charge >= 0.3 is 5.69 Å². The summed E-state index contributed by atoms with van der Waals surface area (Å²) in [5, 5.41) is 7.80. The number of rotatable bonds is 8. The van der Waals surface area contributed by atoms with Crippen LogP contribution in [0.5, 0.6) is 0 Å². The van der Waals surface area contributed by atoms with Crippen molar-refractivity contribution in [2.24, 2.45) is 5.92 Å². The Morgan fingerprint density at radius 3 is 2.60 bits per heavy atom. The third kappa shape index (κ3) is 4.49. The highest BCUT2D eigenvalue weighted by atomic mass is 16.4. The number of hydrogen-bond donors (Lipinski definition) is 2. The summed E-state index contributed by atoms with van der Waals surface area (Å²) in [4.78, 5) is 28.7. The van der Waals surface area contributed by atoms with Gasteiger partial charge in [0, 0.05) is 20.0 Å². The largest absolute Gasteiger partial charge is 0.424 e. The van der Waals surface area contributed by atoms with Crippen LogP contribution in [0.15, 0.2) is 14.0 Å². The Hall–Kier alpha value is -2.58. The average Bonchev–Trinajstić information content (AvgIpc) is 2.93. The molecule has 2 aromatic rings. The molecule has 0 spiro atoms. The van der Waals surface area contributed by atoms with E-state index >= 15 is 0 Å². The number of hydrogen-bond acceptors (Lipinski definition) is 7. The second-order valence-corrected chi connectivity index (χ2v) is 6.49. The molecule has 2 heterocycles. The van der Waals surface area contributed by atoms with Gasteiger partial charge < -0.3 is 15.1 Å². The van der Waals surface area contributed by atoms with Crippen LogP contribution in [0.2, 0.25) is 0 Å². The Balaban J connectivity index is 2.47. The van der Waals surface area contributed by atoms with Crippen molar-refractivity contribution in [1.82, 2.24) is 19.7 Å². The molecule has 0 atom stereocenters. The van der Waals surface area contributed by atoms with Crippen molar-refractivity contribution in [1.29, 1.82) is 0 Å². The molecule has 0 aliphatic carbocycles. The molecule has 3 N–H and O–H groups in total. The highest BCUT2D eigenvalue weighted by Gasteiger charge is 2.21. The summed E-state index contributed by atoms with van der Waals surface area (Å²) in [5.41, 5.74) is 5.47. The van der Waals surface area contributed by atoms with Gasteiger partial charge in [-0.15, -0.1) is 10.2 Å². The number of H-pyrrole nitrogens is 1. The maximum absolute atomic E-state index is 12.4. The second-order valence-electron chi connectivity index (χ2n) is 6.49. The van der Waals surface area contributed by atoms with Gasteiger partial charge in [-0.2, -0.15) is 0 Å². The number of nitrogen functional groups attached to an aromatic ring is 1. The van der Waals surface area contributed by atoms with Crippen molar-refractivity contribution >= 4 is 11.5 Å². The molecule has 9 heteroatoms. The lowest BCUT2D eigenvalue weighted by atomic mass is 10.2. The van der Waals surface area contributed by atoms with Crippen LogP contribution in [0.4, 0.5) is 11.5 Å². The molecule has 0 aromatic carbocycles. The minimum absolute atomic E-state index is 0.162. The second kappa shape index (κ2) is 8.00. The van der Waals surface area contributed by atoms with E-state index in [1.165, 1.54) is 4.57 Å². The average molecular weight is 350 g/mol. The van der Waals surface area contributed by atoms with Crippen LogP contribution in [0, 0.1) is 12.8 Å². The molecule has 0 fully saturated rings. The fourth-order valence-electron chi connectivity index (χ4n) is 2.61. The normalized spacial score (nSPS) is 11.2. The molecule has 0 aliphatic rings. The number of aromatic nitrogens is 4. The van der Waals surface area contributed by atoms with E-state index in [0.717, 1.165) is 12.8 Å². The first-order valence-corrected chi connectivity index (χ1v) is 8.50. The molecule has 0 bridgehead atoms. The molecular formula is C16H26N6O3. The predicted molar refractivity (Wildman–Crippen MR) is 95.6 cm³/mol. The van der Waals surface area contributed by atoms with E-state index in [9.17, 15) is 9.59 Å². The van der Waals surface area contributed by atoms with E-state index in [2.05, 4.69) is 22.1 Å². The monoisotopic (exact) mass is 350 g/mol. The van der Waals surface area contributed by atoms with E-state index in [0.29, 0.717) is 24.9 Å². The minimum atomic E-state index is -0.505. The standard InChI is InChI=1S/C16H26N6O3/c1-5-6-7-21(9-12-20-19-11(4)25-12)13-14(17)22(8-10(2)3)16(24)18-15(13)23/h10H,5-9,17H2,1-4H3,(H,18,23,24). The van der Waals surface area contributed by atoms with Gasteiger partial charge in [-0.25, -0.2) is 4.79 Å². The SMILES string of the molecule is CCCCN(Cc1nnc(C)o1)c1c(N)n(CC(C)C)c(=O)[nH]c1=O. The predicted octanol–water partition coefficient (Wildman–Crippen LogP) is 1.27. The van der Waals surface area contributed by atoms with Gasteiger partial charge in [-0.05, 0) is 12.3 Å². The van der Waals surface area contributed by atoms with Crippen LogP contribution in [0.3, 0.4) is 0 Å². The number of unbranched alkanes of at least 4 members (excludes halogenated alkanes) is 1. The van der Waals surface area contributed by atoms with E-state index in [1.807, 2.05) is 13.8 Å². The molecule has 0 saturated carbocycles. The van der Waals surface area contributed by atoms with Gasteiger partial charge in [-0.3, -0.25) is 14.3 Å². The first-order valence-electron chi connectivity index (χ1n) is 8.50. The zero-order valence-electron chi connectivity index (χ0n) is 15.2. The van der Waals surface area contributed by atoms with Crippen LogP contribution >= 0.6 is 0 Å². The number of nitrogens with two attached hydrogens (primary N) is 1. The van der Waals surface area contributed by atoms with Crippen molar-refractivity contribution in [3.8, 4) is 0 Å². The third-order valence-corrected chi connectivity index (χ3v) is 3.75. The minimum Gasteiger partial charge on any atom is -0.424 e. The van der Waals surface area contributed by atoms with Crippen molar-refractivity contribution in [2.45, 2.75) is 53.6 Å². The Morgan fingerprint density at radius 1 is 1.32 bits per heavy atom. The van der Waals surface area contributed by atoms with Gasteiger partial charge in [0.15, 0.2) is 0 Å². The summed E-state index contributed by atoms with van der Waals surface area (Å²) in [6, 6.07) is 0. The zero-order valence-corrected chi connectivity index (χ0v) is 15.2. The van der Waals surface area contributed by atoms with Gasteiger partial charge in [0.2, 0.25) is 11.8 Å². The maximum Gasteiger partial charge on any atom is 0.330 e. The fraction of sp³-hybridized carbons (Fsp3) is 0.625. The Bertz CT molecular complexity index is 820. The first kappa shape index (κ1) is 18.8. The summed E-state index contributed by atoms with van der Waals surface area (Å²) in [6.07, 6.45) is 1.80. The Morgan fingerprint density at radius 2 is 2.04 bits per heavy atom. The van der Waals surface area contributed by atoms with E-state index in [-0.39, 0.29) is 24.0 Å². The van der Waals surface area contributed by atoms with Crippen LogP contribution in [0.1, 0.15) is 45.4 Å². The lowest BCUT2D eigenvalue weighted by Gasteiger charge is -2.25. The maximum atomic E-state index is 12.4. The topological polar surface area (TPSA) is 123 Å². The quantitative estimate of drug-likeness (QED) is 0.735. The summed E-state index contributed by atoms with van der Waals surface area (Å²) >= 11 is 0. The molecule has 2 rings (SSSR count). The summed E-state index contributed by atoms with van der Waals surface area (Å²) in [6.45, 7) is 8.99. The number of anilines is 2. The number of nitrogens with zero attached hydrogens (tertiary/aromatic N) is 4. The first-order chi connectivity index (χ1) is 11.8. The smallest absolute Gasteiger partial charge is 0.330 e. The molecule has 0 saturated heterocycles. The van der Waals surface area contributed by atoms with E-state index < -0.39 is 11.2 Å². The van der Waals surface area contributed by atoms with Crippen molar-refractivity contribution in [2.75, 3.05) is 17.2 Å². The summed E-state index contributed by atoms with van der Waals surface area (Å²) < 4.78 is 6.83. The number of aromatic amines is 1.